The highest BCUT2D eigenvalue weighted by molar-refractivity contribution is 6.00. The van der Waals surface area contributed by atoms with Crippen molar-refractivity contribution in [2.75, 3.05) is 6.54 Å². The summed E-state index contributed by atoms with van der Waals surface area (Å²) in [5, 5.41) is 3.19. The SMILES string of the molecule is O=C(c1ccc(F)cc1)C1CCCCN1. The third-order valence-corrected chi connectivity index (χ3v) is 2.76. The zero-order valence-electron chi connectivity index (χ0n) is 8.50. The lowest BCUT2D eigenvalue weighted by molar-refractivity contribution is 0.0927. The van der Waals surface area contributed by atoms with E-state index in [2.05, 4.69) is 5.32 Å². The fourth-order valence-corrected chi connectivity index (χ4v) is 1.89. The van der Waals surface area contributed by atoms with Gasteiger partial charge in [-0.05, 0) is 43.7 Å². The Bertz CT molecular complexity index is 341. The molecule has 0 spiro atoms. The number of carbonyl (C=O) groups excluding carboxylic acids is 1. The van der Waals surface area contributed by atoms with Crippen LogP contribution >= 0.6 is 0 Å². The summed E-state index contributed by atoms with van der Waals surface area (Å²) in [4.78, 5) is 11.9. The molecule has 80 valence electrons. The number of Topliss-reactive ketones (excluding diaryl/α,β-unsaturated/α-hetero) is 1. The second-order valence-corrected chi connectivity index (χ2v) is 3.87. The van der Waals surface area contributed by atoms with Gasteiger partial charge >= 0.3 is 0 Å². The Kier molecular flexibility index (Phi) is 3.11. The van der Waals surface area contributed by atoms with Crippen LogP contribution in [0.1, 0.15) is 29.6 Å². The maximum Gasteiger partial charge on any atom is 0.179 e. The van der Waals surface area contributed by atoms with Gasteiger partial charge in [0.05, 0.1) is 6.04 Å². The zero-order chi connectivity index (χ0) is 10.7. The van der Waals surface area contributed by atoms with Gasteiger partial charge in [0.25, 0.3) is 0 Å². The first-order valence-electron chi connectivity index (χ1n) is 5.30. The highest BCUT2D eigenvalue weighted by Gasteiger charge is 2.21. The minimum absolute atomic E-state index is 0.0784. The van der Waals surface area contributed by atoms with Crippen molar-refractivity contribution in [1.82, 2.24) is 5.32 Å². The molecule has 1 heterocycles. The topological polar surface area (TPSA) is 29.1 Å². The predicted octanol–water partition coefficient (Wildman–Crippen LogP) is 2.15. The average molecular weight is 207 g/mol. The second-order valence-electron chi connectivity index (χ2n) is 3.87. The fraction of sp³-hybridized carbons (Fsp3) is 0.417. The van der Waals surface area contributed by atoms with Gasteiger partial charge in [-0.25, -0.2) is 4.39 Å². The summed E-state index contributed by atoms with van der Waals surface area (Å²) in [6, 6.07) is 5.68. The van der Waals surface area contributed by atoms with E-state index in [9.17, 15) is 9.18 Å². The Morgan fingerprint density at radius 2 is 2.00 bits per heavy atom. The smallest absolute Gasteiger partial charge is 0.179 e. The number of hydrogen-bond donors (Lipinski definition) is 1. The van der Waals surface area contributed by atoms with Gasteiger partial charge in [0.15, 0.2) is 5.78 Å². The largest absolute Gasteiger partial charge is 0.307 e. The van der Waals surface area contributed by atoms with E-state index in [4.69, 9.17) is 0 Å². The molecule has 0 radical (unpaired) electrons. The van der Waals surface area contributed by atoms with Gasteiger partial charge in [-0.1, -0.05) is 6.42 Å². The molecule has 1 fully saturated rings. The van der Waals surface area contributed by atoms with Crippen LogP contribution in [0.15, 0.2) is 24.3 Å². The molecule has 1 aromatic rings. The highest BCUT2D eigenvalue weighted by Crippen LogP contribution is 2.13. The van der Waals surface area contributed by atoms with E-state index in [0.29, 0.717) is 5.56 Å². The number of ketones is 1. The molecular formula is C12H14FNO. The molecular weight excluding hydrogens is 193 g/mol. The van der Waals surface area contributed by atoms with Crippen LogP contribution in [0.4, 0.5) is 4.39 Å². The summed E-state index contributed by atoms with van der Waals surface area (Å²) >= 11 is 0. The Balaban J connectivity index is 2.09. The summed E-state index contributed by atoms with van der Waals surface area (Å²) in [6.07, 6.45) is 3.11. The van der Waals surface area contributed by atoms with E-state index < -0.39 is 0 Å². The van der Waals surface area contributed by atoms with Crippen molar-refractivity contribution in [3.05, 3.63) is 35.6 Å². The molecule has 0 amide bonds. The molecule has 0 saturated carbocycles. The van der Waals surface area contributed by atoms with Gasteiger partial charge in [-0.15, -0.1) is 0 Å². The van der Waals surface area contributed by atoms with Crippen LogP contribution in [-0.2, 0) is 0 Å². The van der Waals surface area contributed by atoms with Crippen LogP contribution in [0, 0.1) is 5.82 Å². The third-order valence-electron chi connectivity index (χ3n) is 2.76. The van der Waals surface area contributed by atoms with Gasteiger partial charge in [0.1, 0.15) is 5.82 Å². The zero-order valence-corrected chi connectivity index (χ0v) is 8.50. The number of piperidine rings is 1. The third kappa shape index (κ3) is 2.42. The van der Waals surface area contributed by atoms with Crippen molar-refractivity contribution in [2.24, 2.45) is 0 Å². The summed E-state index contributed by atoms with van der Waals surface area (Å²) < 4.78 is 12.7. The van der Waals surface area contributed by atoms with Crippen LogP contribution in [0.5, 0.6) is 0 Å². The van der Waals surface area contributed by atoms with Crippen LogP contribution < -0.4 is 5.32 Å². The van der Waals surface area contributed by atoms with Gasteiger partial charge in [-0.3, -0.25) is 4.79 Å². The lowest BCUT2D eigenvalue weighted by Crippen LogP contribution is -2.40. The molecule has 0 aromatic heterocycles. The number of carbonyl (C=O) groups is 1. The van der Waals surface area contributed by atoms with Crippen molar-refractivity contribution in [3.8, 4) is 0 Å². The second kappa shape index (κ2) is 4.53. The number of benzene rings is 1. The van der Waals surface area contributed by atoms with Crippen molar-refractivity contribution in [1.29, 1.82) is 0 Å². The number of nitrogens with one attached hydrogen (secondary N) is 1. The van der Waals surface area contributed by atoms with E-state index in [1.54, 1.807) is 12.1 Å². The first kappa shape index (κ1) is 10.3. The fourth-order valence-electron chi connectivity index (χ4n) is 1.89. The van der Waals surface area contributed by atoms with E-state index in [1.807, 2.05) is 0 Å². The van der Waals surface area contributed by atoms with Gasteiger partial charge in [-0.2, -0.15) is 0 Å². The normalized spacial score (nSPS) is 21.3. The van der Waals surface area contributed by atoms with E-state index in [1.165, 1.54) is 12.1 Å². The highest BCUT2D eigenvalue weighted by atomic mass is 19.1. The first-order chi connectivity index (χ1) is 7.27. The van der Waals surface area contributed by atoms with E-state index in [0.717, 1.165) is 25.8 Å². The quantitative estimate of drug-likeness (QED) is 0.753. The Morgan fingerprint density at radius 1 is 1.27 bits per heavy atom. The summed E-state index contributed by atoms with van der Waals surface area (Å²) in [6.45, 7) is 0.900. The monoisotopic (exact) mass is 207 g/mol. The lowest BCUT2D eigenvalue weighted by Gasteiger charge is -2.22. The molecule has 15 heavy (non-hydrogen) atoms. The van der Waals surface area contributed by atoms with Crippen molar-refractivity contribution >= 4 is 5.78 Å². The van der Waals surface area contributed by atoms with E-state index in [-0.39, 0.29) is 17.6 Å². The molecule has 1 saturated heterocycles. The Morgan fingerprint density at radius 3 is 2.60 bits per heavy atom. The summed E-state index contributed by atoms with van der Waals surface area (Å²) in [5.74, 6) is -0.224. The molecule has 1 aliphatic rings. The molecule has 0 aliphatic carbocycles. The van der Waals surface area contributed by atoms with E-state index >= 15 is 0 Å². The Labute approximate surface area is 88.5 Å². The van der Waals surface area contributed by atoms with Crippen LogP contribution in [0.2, 0.25) is 0 Å². The number of rotatable bonds is 2. The van der Waals surface area contributed by atoms with Gasteiger partial charge < -0.3 is 5.32 Å². The average Bonchev–Trinajstić information content (AvgIpc) is 2.30. The predicted molar refractivity (Wildman–Crippen MR) is 56.4 cm³/mol. The lowest BCUT2D eigenvalue weighted by atomic mass is 9.96. The Hall–Kier alpha value is -1.22. The van der Waals surface area contributed by atoms with Crippen LogP contribution in [-0.4, -0.2) is 18.4 Å². The standard InChI is InChI=1S/C12H14FNO/c13-10-6-4-9(5-7-10)12(15)11-3-1-2-8-14-11/h4-7,11,14H,1-3,8H2. The maximum atomic E-state index is 12.7. The molecule has 1 unspecified atom stereocenters. The van der Waals surface area contributed by atoms with Crippen molar-refractivity contribution in [3.63, 3.8) is 0 Å². The molecule has 1 atom stereocenters. The first-order valence-corrected chi connectivity index (χ1v) is 5.30. The molecule has 1 N–H and O–H groups in total. The minimum atomic E-state index is -0.303. The van der Waals surface area contributed by atoms with Crippen molar-refractivity contribution in [2.45, 2.75) is 25.3 Å². The molecule has 2 nitrogen and oxygen atoms in total. The molecule has 3 heteroatoms. The van der Waals surface area contributed by atoms with Crippen LogP contribution in [0.25, 0.3) is 0 Å². The molecule has 0 bridgehead atoms. The maximum absolute atomic E-state index is 12.7. The molecule has 1 aliphatic heterocycles. The van der Waals surface area contributed by atoms with Gasteiger partial charge in [0, 0.05) is 5.56 Å². The van der Waals surface area contributed by atoms with Crippen LogP contribution in [0.3, 0.4) is 0 Å². The molecule has 1 aromatic carbocycles. The summed E-state index contributed by atoms with van der Waals surface area (Å²) in [5.41, 5.74) is 0.593. The van der Waals surface area contributed by atoms with Gasteiger partial charge in [0.2, 0.25) is 0 Å². The van der Waals surface area contributed by atoms with Crippen molar-refractivity contribution < 1.29 is 9.18 Å². The molecule has 2 rings (SSSR count). The number of halogens is 1. The summed E-state index contributed by atoms with van der Waals surface area (Å²) in [7, 11) is 0. The number of hydrogen-bond acceptors (Lipinski definition) is 2. The minimum Gasteiger partial charge on any atom is -0.307 e.